The van der Waals surface area contributed by atoms with E-state index in [9.17, 15) is 4.79 Å². The Bertz CT molecular complexity index is 444. The van der Waals surface area contributed by atoms with Gasteiger partial charge in [-0.05, 0) is 17.7 Å². The largest absolute Gasteiger partial charge is 0.378 e. The van der Waals surface area contributed by atoms with Crippen molar-refractivity contribution in [1.82, 2.24) is 5.43 Å². The summed E-state index contributed by atoms with van der Waals surface area (Å²) < 4.78 is 0.582. The van der Waals surface area contributed by atoms with E-state index < -0.39 is 0 Å². The van der Waals surface area contributed by atoms with E-state index in [0.717, 1.165) is 11.3 Å². The molecule has 0 atom stereocenters. The van der Waals surface area contributed by atoms with Gasteiger partial charge in [-0.3, -0.25) is 4.79 Å². The SMILES string of the molecule is CN(C)c1ccc(C=NNC(=O)C[N+](C)(C)C)cc1. The number of likely N-dealkylation sites (N-methyl/N-ethyl adjacent to an activating group) is 1. The predicted octanol–water partition coefficient (Wildman–Crippen LogP) is 0.909. The normalized spacial score (nSPS) is 11.6. The molecule has 0 unspecified atom stereocenters. The highest BCUT2D eigenvalue weighted by Crippen LogP contribution is 2.10. The molecule has 0 aliphatic rings. The number of nitrogens with one attached hydrogen (secondary N) is 1. The molecular weight excluding hydrogens is 240 g/mol. The van der Waals surface area contributed by atoms with Crippen molar-refractivity contribution in [2.24, 2.45) is 5.10 Å². The Morgan fingerprint density at radius 2 is 1.84 bits per heavy atom. The van der Waals surface area contributed by atoms with Gasteiger partial charge in [-0.25, -0.2) is 5.43 Å². The summed E-state index contributed by atoms with van der Waals surface area (Å²) in [7, 11) is 9.87. The number of rotatable bonds is 5. The zero-order valence-electron chi connectivity index (χ0n) is 12.3. The van der Waals surface area contributed by atoms with Gasteiger partial charge < -0.3 is 9.38 Å². The van der Waals surface area contributed by atoms with Crippen molar-refractivity contribution in [3.05, 3.63) is 29.8 Å². The molecular formula is C14H23N4O+. The minimum atomic E-state index is -0.0892. The van der Waals surface area contributed by atoms with Crippen molar-refractivity contribution in [2.75, 3.05) is 46.7 Å². The second-order valence-corrected chi connectivity index (χ2v) is 5.73. The standard InChI is InChI=1S/C14H22N4O/c1-17(2)13-8-6-12(7-9-13)10-15-16-14(19)11-18(3,4)5/h6-10H,11H2,1-5H3/p+1. The number of benzene rings is 1. The van der Waals surface area contributed by atoms with Gasteiger partial charge in [0, 0.05) is 19.8 Å². The third-order valence-electron chi connectivity index (χ3n) is 2.43. The molecule has 0 aliphatic heterocycles. The lowest BCUT2D eigenvalue weighted by molar-refractivity contribution is -0.862. The summed E-state index contributed by atoms with van der Waals surface area (Å²) in [5.74, 6) is -0.0892. The van der Waals surface area contributed by atoms with Gasteiger partial charge >= 0.3 is 0 Å². The van der Waals surface area contributed by atoms with Gasteiger partial charge in [-0.15, -0.1) is 0 Å². The molecule has 5 heteroatoms. The second kappa shape index (κ2) is 6.33. The highest BCUT2D eigenvalue weighted by molar-refractivity contribution is 5.83. The number of nitrogens with zero attached hydrogens (tertiary/aromatic N) is 3. The van der Waals surface area contributed by atoms with Crippen molar-refractivity contribution in [1.29, 1.82) is 0 Å². The quantitative estimate of drug-likeness (QED) is 0.487. The van der Waals surface area contributed by atoms with Crippen molar-refractivity contribution in [3.63, 3.8) is 0 Å². The number of anilines is 1. The Morgan fingerprint density at radius 1 is 1.26 bits per heavy atom. The molecule has 104 valence electrons. The molecule has 1 aromatic carbocycles. The van der Waals surface area contributed by atoms with Crippen LogP contribution in [0.1, 0.15) is 5.56 Å². The first kappa shape index (κ1) is 15.2. The maximum Gasteiger partial charge on any atom is 0.295 e. The molecule has 1 N–H and O–H groups in total. The van der Waals surface area contributed by atoms with Crippen LogP contribution in [0.3, 0.4) is 0 Å². The fourth-order valence-corrected chi connectivity index (χ4v) is 1.50. The van der Waals surface area contributed by atoms with E-state index in [1.165, 1.54) is 0 Å². The summed E-state index contributed by atoms with van der Waals surface area (Å²) in [5, 5.41) is 3.95. The molecule has 0 fully saturated rings. The number of hydrazone groups is 1. The summed E-state index contributed by atoms with van der Waals surface area (Å²) in [6.07, 6.45) is 1.65. The smallest absolute Gasteiger partial charge is 0.295 e. The number of hydrogen-bond donors (Lipinski definition) is 1. The van der Waals surface area contributed by atoms with E-state index in [2.05, 4.69) is 10.5 Å². The van der Waals surface area contributed by atoms with Gasteiger partial charge in [0.05, 0.1) is 27.4 Å². The highest BCUT2D eigenvalue weighted by Gasteiger charge is 2.12. The number of quaternary nitrogens is 1. The van der Waals surface area contributed by atoms with Crippen molar-refractivity contribution < 1.29 is 9.28 Å². The van der Waals surface area contributed by atoms with E-state index in [-0.39, 0.29) is 5.91 Å². The van der Waals surface area contributed by atoms with Crippen molar-refractivity contribution in [2.45, 2.75) is 0 Å². The van der Waals surface area contributed by atoms with E-state index in [0.29, 0.717) is 11.0 Å². The Morgan fingerprint density at radius 3 is 2.32 bits per heavy atom. The molecule has 1 rings (SSSR count). The Kier molecular flexibility index (Phi) is 5.06. The first-order chi connectivity index (χ1) is 8.78. The van der Waals surface area contributed by atoms with Crippen molar-refractivity contribution >= 4 is 17.8 Å². The Balaban J connectivity index is 2.51. The molecule has 19 heavy (non-hydrogen) atoms. The Hall–Kier alpha value is -1.88. The van der Waals surface area contributed by atoms with Gasteiger partial charge in [0.2, 0.25) is 0 Å². The van der Waals surface area contributed by atoms with Crippen LogP contribution in [0.2, 0.25) is 0 Å². The van der Waals surface area contributed by atoms with Crippen LogP contribution in [0.4, 0.5) is 5.69 Å². The maximum absolute atomic E-state index is 11.5. The highest BCUT2D eigenvalue weighted by atomic mass is 16.2. The third kappa shape index (κ3) is 6.01. The van der Waals surface area contributed by atoms with Crippen LogP contribution in [0.15, 0.2) is 29.4 Å². The number of amides is 1. The van der Waals surface area contributed by atoms with Crippen LogP contribution in [0.5, 0.6) is 0 Å². The summed E-state index contributed by atoms with van der Waals surface area (Å²) in [5.41, 5.74) is 4.62. The first-order valence-corrected chi connectivity index (χ1v) is 6.18. The number of carbonyl (C=O) groups is 1. The van der Waals surface area contributed by atoms with Crippen LogP contribution >= 0.6 is 0 Å². The first-order valence-electron chi connectivity index (χ1n) is 6.18. The van der Waals surface area contributed by atoms with Gasteiger partial charge in [-0.2, -0.15) is 5.10 Å². The fraction of sp³-hybridized carbons (Fsp3) is 0.429. The summed E-state index contributed by atoms with van der Waals surface area (Å²) in [4.78, 5) is 13.6. The monoisotopic (exact) mass is 263 g/mol. The lowest BCUT2D eigenvalue weighted by Crippen LogP contribution is -2.43. The molecule has 5 nitrogen and oxygen atoms in total. The van der Waals surface area contributed by atoms with Gasteiger partial charge in [0.1, 0.15) is 0 Å². The molecule has 0 saturated heterocycles. The molecule has 0 aromatic heterocycles. The van der Waals surface area contributed by atoms with E-state index in [1.807, 2.05) is 64.4 Å². The molecule has 1 aromatic rings. The zero-order valence-corrected chi connectivity index (χ0v) is 12.3. The van der Waals surface area contributed by atoms with Crippen LogP contribution < -0.4 is 10.3 Å². The number of hydrogen-bond acceptors (Lipinski definition) is 3. The predicted molar refractivity (Wildman–Crippen MR) is 79.4 cm³/mol. The number of carbonyl (C=O) groups excluding carboxylic acids is 1. The molecule has 0 radical (unpaired) electrons. The lowest BCUT2D eigenvalue weighted by atomic mass is 10.2. The summed E-state index contributed by atoms with van der Waals surface area (Å²) in [6.45, 7) is 0.400. The third-order valence-corrected chi connectivity index (χ3v) is 2.43. The molecule has 0 aliphatic carbocycles. The average molecular weight is 263 g/mol. The molecule has 0 saturated carbocycles. The van der Waals surface area contributed by atoms with E-state index in [4.69, 9.17) is 0 Å². The molecule has 0 bridgehead atoms. The minimum Gasteiger partial charge on any atom is -0.378 e. The van der Waals surface area contributed by atoms with E-state index >= 15 is 0 Å². The summed E-state index contributed by atoms with van der Waals surface area (Å²) in [6, 6.07) is 7.94. The zero-order chi connectivity index (χ0) is 14.5. The second-order valence-electron chi connectivity index (χ2n) is 5.73. The molecule has 1 amide bonds. The van der Waals surface area contributed by atoms with Crippen LogP contribution in [0, 0.1) is 0 Å². The van der Waals surface area contributed by atoms with Crippen LogP contribution in [0.25, 0.3) is 0 Å². The lowest BCUT2D eigenvalue weighted by Gasteiger charge is -2.21. The fourth-order valence-electron chi connectivity index (χ4n) is 1.50. The molecule has 0 spiro atoms. The van der Waals surface area contributed by atoms with Crippen LogP contribution in [-0.4, -0.2) is 58.4 Å². The van der Waals surface area contributed by atoms with Gasteiger partial charge in [0.15, 0.2) is 6.54 Å². The van der Waals surface area contributed by atoms with E-state index in [1.54, 1.807) is 6.21 Å². The molecule has 0 heterocycles. The van der Waals surface area contributed by atoms with Crippen LogP contribution in [-0.2, 0) is 4.79 Å². The minimum absolute atomic E-state index is 0.0892. The van der Waals surface area contributed by atoms with Crippen molar-refractivity contribution in [3.8, 4) is 0 Å². The summed E-state index contributed by atoms with van der Waals surface area (Å²) >= 11 is 0. The Labute approximate surface area is 115 Å². The maximum atomic E-state index is 11.5. The average Bonchev–Trinajstić information content (AvgIpc) is 2.27. The van der Waals surface area contributed by atoms with Gasteiger partial charge in [-0.1, -0.05) is 12.1 Å². The topological polar surface area (TPSA) is 44.7 Å². The van der Waals surface area contributed by atoms with Gasteiger partial charge in [0.25, 0.3) is 5.91 Å².